The Balaban J connectivity index is 1.20. The standard InChI is InChI=1S/C31H43N7O3/c1-5-25-30(40)37(3)26-17-32-31(35-28(26)38(25)23-8-6-7-9-23)34-24-11-10-20(16-27(24)41-4)29(39)33-22-14-19-12-13-36(2)18-21(19)15-22/h10-11,16-17,19,21-23,25H,5-9,12-15,18H2,1-4H3,(H,33,39)(H,32,34,35)/t19-,21-,22-,25+/m0/s1. The fourth-order valence-electron chi connectivity index (χ4n) is 7.55. The number of hydrogen-bond donors (Lipinski definition) is 2. The first-order valence-electron chi connectivity index (χ1n) is 15.2. The highest BCUT2D eigenvalue weighted by atomic mass is 16.5. The van der Waals surface area contributed by atoms with Gasteiger partial charge in [-0.05, 0) is 82.2 Å². The molecule has 2 aromatic rings. The van der Waals surface area contributed by atoms with Gasteiger partial charge in [-0.25, -0.2) is 4.98 Å². The lowest BCUT2D eigenvalue weighted by Gasteiger charge is -2.43. The van der Waals surface area contributed by atoms with Crippen molar-refractivity contribution in [3.05, 3.63) is 30.0 Å². The molecule has 3 heterocycles. The van der Waals surface area contributed by atoms with E-state index in [9.17, 15) is 9.59 Å². The van der Waals surface area contributed by atoms with Crippen LogP contribution in [0, 0.1) is 11.8 Å². The highest BCUT2D eigenvalue weighted by molar-refractivity contribution is 6.04. The average molecular weight is 562 g/mol. The predicted octanol–water partition coefficient (Wildman–Crippen LogP) is 4.19. The van der Waals surface area contributed by atoms with Crippen LogP contribution in [-0.4, -0.2) is 79.1 Å². The Labute approximate surface area is 242 Å². The molecular formula is C31H43N7O3. The Kier molecular flexibility index (Phi) is 7.76. The highest BCUT2D eigenvalue weighted by Crippen LogP contribution is 2.41. The van der Waals surface area contributed by atoms with E-state index in [1.165, 1.54) is 19.3 Å². The second kappa shape index (κ2) is 11.5. The molecule has 10 nitrogen and oxygen atoms in total. The van der Waals surface area contributed by atoms with E-state index in [0.717, 1.165) is 56.7 Å². The lowest BCUT2D eigenvalue weighted by Crippen LogP contribution is -2.55. The average Bonchev–Trinajstić information content (AvgIpc) is 3.64. The van der Waals surface area contributed by atoms with Crippen molar-refractivity contribution >= 4 is 35.0 Å². The van der Waals surface area contributed by atoms with Gasteiger partial charge in [-0.1, -0.05) is 19.8 Å². The van der Waals surface area contributed by atoms with Crippen LogP contribution in [0.2, 0.25) is 0 Å². The van der Waals surface area contributed by atoms with Crippen LogP contribution >= 0.6 is 0 Å². The van der Waals surface area contributed by atoms with E-state index in [1.54, 1.807) is 31.3 Å². The fourth-order valence-corrected chi connectivity index (χ4v) is 7.55. The minimum atomic E-state index is -0.226. The molecular weight excluding hydrogens is 518 g/mol. The minimum Gasteiger partial charge on any atom is -0.495 e. The molecule has 2 aliphatic carbocycles. The monoisotopic (exact) mass is 561 g/mol. The first-order valence-corrected chi connectivity index (χ1v) is 15.2. The van der Waals surface area contributed by atoms with Crippen molar-refractivity contribution in [2.75, 3.05) is 49.4 Å². The Hall–Kier alpha value is -3.40. The molecule has 1 aromatic carbocycles. The summed E-state index contributed by atoms with van der Waals surface area (Å²) in [4.78, 5) is 42.2. The van der Waals surface area contributed by atoms with Gasteiger partial charge >= 0.3 is 0 Å². The summed E-state index contributed by atoms with van der Waals surface area (Å²) in [5.74, 6) is 3.18. The number of carbonyl (C=O) groups is 2. The largest absolute Gasteiger partial charge is 0.495 e. The zero-order chi connectivity index (χ0) is 28.7. The number of methoxy groups -OCH3 is 1. The predicted molar refractivity (Wildman–Crippen MR) is 160 cm³/mol. The summed E-state index contributed by atoms with van der Waals surface area (Å²) in [5, 5.41) is 6.58. The van der Waals surface area contributed by atoms with Crippen LogP contribution in [0.15, 0.2) is 24.4 Å². The van der Waals surface area contributed by atoms with Crippen LogP contribution in [0.25, 0.3) is 0 Å². The topological polar surface area (TPSA) is 103 Å². The van der Waals surface area contributed by atoms with Crippen LogP contribution in [-0.2, 0) is 4.79 Å². The molecule has 4 aliphatic rings. The number of benzene rings is 1. The Morgan fingerprint density at radius 3 is 2.66 bits per heavy atom. The number of aromatic nitrogens is 2. The van der Waals surface area contributed by atoms with Gasteiger partial charge in [0.05, 0.1) is 19.0 Å². The van der Waals surface area contributed by atoms with E-state index >= 15 is 0 Å². The molecule has 2 N–H and O–H groups in total. The maximum Gasteiger partial charge on any atom is 0.251 e. The van der Waals surface area contributed by atoms with Gasteiger partial charge in [0.25, 0.3) is 5.91 Å². The van der Waals surface area contributed by atoms with Crippen molar-refractivity contribution < 1.29 is 14.3 Å². The number of ether oxygens (including phenoxy) is 1. The van der Waals surface area contributed by atoms with Gasteiger partial charge in [0.2, 0.25) is 11.9 Å². The second-order valence-corrected chi connectivity index (χ2v) is 12.3. The number of likely N-dealkylation sites (tertiary alicyclic amines) is 1. The molecule has 2 saturated carbocycles. The zero-order valence-corrected chi connectivity index (χ0v) is 24.7. The van der Waals surface area contributed by atoms with Gasteiger partial charge in [0.1, 0.15) is 17.5 Å². The van der Waals surface area contributed by atoms with E-state index in [-0.39, 0.29) is 23.9 Å². The number of nitrogens with zero attached hydrogens (tertiary/aromatic N) is 5. The summed E-state index contributed by atoms with van der Waals surface area (Å²) in [6, 6.07) is 5.73. The van der Waals surface area contributed by atoms with Gasteiger partial charge < -0.3 is 30.1 Å². The summed E-state index contributed by atoms with van der Waals surface area (Å²) in [6.07, 6.45) is 10.2. The van der Waals surface area contributed by atoms with Gasteiger partial charge in [-0.2, -0.15) is 4.98 Å². The number of carbonyl (C=O) groups excluding carboxylic acids is 2. The molecule has 4 atom stereocenters. The summed E-state index contributed by atoms with van der Waals surface area (Å²) in [5.41, 5.74) is 1.98. The van der Waals surface area contributed by atoms with Gasteiger partial charge in [0.15, 0.2) is 5.82 Å². The number of nitrogens with one attached hydrogen (secondary N) is 2. The molecule has 1 aromatic heterocycles. The normalized spacial score (nSPS) is 26.6. The zero-order valence-electron chi connectivity index (χ0n) is 24.7. The van der Waals surface area contributed by atoms with Gasteiger partial charge in [-0.3, -0.25) is 9.59 Å². The number of piperidine rings is 1. The number of rotatable bonds is 7. The summed E-state index contributed by atoms with van der Waals surface area (Å²) >= 11 is 0. The molecule has 10 heteroatoms. The molecule has 0 spiro atoms. The molecule has 220 valence electrons. The lowest BCUT2D eigenvalue weighted by molar-refractivity contribution is -0.120. The molecule has 2 aliphatic heterocycles. The number of anilines is 4. The van der Waals surface area contributed by atoms with Crippen LogP contribution in [0.3, 0.4) is 0 Å². The SMILES string of the molecule is CC[C@@H]1C(=O)N(C)c2cnc(Nc3ccc(C(=O)N[C@H]4C[C@@H]5CCN(C)C[C@@H]5C4)cc3OC)nc2N1C1CCCC1. The fraction of sp³-hybridized carbons (Fsp3) is 0.613. The summed E-state index contributed by atoms with van der Waals surface area (Å²) in [7, 11) is 5.59. The van der Waals surface area contributed by atoms with Crippen molar-refractivity contribution in [2.45, 2.75) is 76.4 Å². The molecule has 1 saturated heterocycles. The molecule has 3 fully saturated rings. The van der Waals surface area contributed by atoms with Crippen molar-refractivity contribution in [1.82, 2.24) is 20.2 Å². The molecule has 0 unspecified atom stereocenters. The third-order valence-corrected chi connectivity index (χ3v) is 9.73. The van der Waals surface area contributed by atoms with E-state index in [4.69, 9.17) is 9.72 Å². The Morgan fingerprint density at radius 2 is 1.90 bits per heavy atom. The second-order valence-electron chi connectivity index (χ2n) is 12.3. The number of fused-ring (bicyclic) bond motifs is 2. The quantitative estimate of drug-likeness (QED) is 0.519. The Morgan fingerprint density at radius 1 is 1.12 bits per heavy atom. The smallest absolute Gasteiger partial charge is 0.251 e. The molecule has 2 amide bonds. The van der Waals surface area contributed by atoms with Crippen molar-refractivity contribution in [2.24, 2.45) is 11.8 Å². The molecule has 6 rings (SSSR count). The van der Waals surface area contributed by atoms with E-state index in [0.29, 0.717) is 40.8 Å². The van der Waals surface area contributed by atoms with Crippen LogP contribution in [0.5, 0.6) is 5.75 Å². The highest BCUT2D eigenvalue weighted by Gasteiger charge is 2.41. The maximum absolute atomic E-state index is 13.2. The molecule has 41 heavy (non-hydrogen) atoms. The summed E-state index contributed by atoms with van der Waals surface area (Å²) < 4.78 is 5.68. The van der Waals surface area contributed by atoms with E-state index in [2.05, 4.69) is 39.4 Å². The lowest BCUT2D eigenvalue weighted by atomic mass is 9.89. The molecule has 0 bridgehead atoms. The third-order valence-electron chi connectivity index (χ3n) is 9.73. The van der Waals surface area contributed by atoms with E-state index < -0.39 is 0 Å². The van der Waals surface area contributed by atoms with Crippen molar-refractivity contribution in [3.8, 4) is 5.75 Å². The number of likely N-dealkylation sites (N-methyl/N-ethyl adjacent to an activating group) is 1. The first kappa shape index (κ1) is 27.8. The van der Waals surface area contributed by atoms with Crippen LogP contribution in [0.1, 0.15) is 68.6 Å². The Bertz CT molecular complexity index is 1300. The van der Waals surface area contributed by atoms with Crippen molar-refractivity contribution in [3.63, 3.8) is 0 Å². The van der Waals surface area contributed by atoms with E-state index in [1.807, 2.05) is 12.1 Å². The van der Waals surface area contributed by atoms with Gasteiger partial charge in [-0.15, -0.1) is 0 Å². The minimum absolute atomic E-state index is 0.0672. The number of amides is 2. The maximum atomic E-state index is 13.2. The number of hydrogen-bond acceptors (Lipinski definition) is 8. The van der Waals surface area contributed by atoms with Crippen molar-refractivity contribution in [1.29, 1.82) is 0 Å². The van der Waals surface area contributed by atoms with Crippen LogP contribution < -0.4 is 25.2 Å². The van der Waals surface area contributed by atoms with Crippen LogP contribution in [0.4, 0.5) is 23.1 Å². The van der Waals surface area contributed by atoms with Gasteiger partial charge in [0, 0.05) is 31.2 Å². The third kappa shape index (κ3) is 5.34. The first-order chi connectivity index (χ1) is 19.9. The molecule has 0 radical (unpaired) electrons. The summed E-state index contributed by atoms with van der Waals surface area (Å²) in [6.45, 7) is 4.33.